The van der Waals surface area contributed by atoms with E-state index in [1.54, 1.807) is 0 Å². The molecule has 1 aromatic carbocycles. The first-order valence-electron chi connectivity index (χ1n) is 6.48. The van der Waals surface area contributed by atoms with Gasteiger partial charge in [0.1, 0.15) is 12.3 Å². The first-order chi connectivity index (χ1) is 8.36. The molecule has 0 saturated heterocycles. The summed E-state index contributed by atoms with van der Waals surface area (Å²) in [6, 6.07) is 8.33. The molecule has 3 nitrogen and oxygen atoms in total. The number of quaternary nitrogens is 1. The van der Waals surface area contributed by atoms with E-state index in [0.717, 1.165) is 45.1 Å². The van der Waals surface area contributed by atoms with Gasteiger partial charge in [0.2, 0.25) is 0 Å². The van der Waals surface area contributed by atoms with Crippen molar-refractivity contribution in [3.8, 4) is 5.75 Å². The summed E-state index contributed by atoms with van der Waals surface area (Å²) in [5.41, 5.74) is 1.34. The van der Waals surface area contributed by atoms with Crippen molar-refractivity contribution in [1.29, 1.82) is 0 Å². The molecule has 0 heterocycles. The molecule has 0 bridgehead atoms. The Morgan fingerprint density at radius 1 is 1.06 bits per heavy atom. The maximum absolute atomic E-state index is 5.40. The van der Waals surface area contributed by atoms with Crippen LogP contribution in [0.5, 0.6) is 5.75 Å². The molecule has 0 unspecified atom stereocenters. The maximum atomic E-state index is 5.40. The summed E-state index contributed by atoms with van der Waals surface area (Å²) >= 11 is 0. The van der Waals surface area contributed by atoms with Gasteiger partial charge in [0.05, 0.1) is 19.8 Å². The summed E-state index contributed by atoms with van der Waals surface area (Å²) in [5, 5.41) is 2.31. The van der Waals surface area contributed by atoms with Crippen LogP contribution in [0.15, 0.2) is 24.3 Å². The molecule has 2 N–H and O–H groups in total. The van der Waals surface area contributed by atoms with Gasteiger partial charge in [0.25, 0.3) is 0 Å². The van der Waals surface area contributed by atoms with Crippen LogP contribution in [0.3, 0.4) is 0 Å². The lowest BCUT2D eigenvalue weighted by Gasteiger charge is -2.05. The second-order valence-electron chi connectivity index (χ2n) is 3.91. The highest BCUT2D eigenvalue weighted by molar-refractivity contribution is 5.26. The van der Waals surface area contributed by atoms with Crippen LogP contribution in [0.1, 0.15) is 25.8 Å². The molecule has 17 heavy (non-hydrogen) atoms. The van der Waals surface area contributed by atoms with Crippen molar-refractivity contribution in [2.24, 2.45) is 0 Å². The summed E-state index contributed by atoms with van der Waals surface area (Å²) in [6.07, 6.45) is 1.12. The Balaban J connectivity index is 2.14. The van der Waals surface area contributed by atoms with E-state index in [2.05, 4.69) is 17.4 Å². The molecule has 0 amide bonds. The Hall–Kier alpha value is -1.06. The van der Waals surface area contributed by atoms with Crippen molar-refractivity contribution < 1.29 is 14.8 Å². The molecule has 3 heteroatoms. The van der Waals surface area contributed by atoms with E-state index in [0.29, 0.717) is 0 Å². The minimum absolute atomic E-state index is 0.725. The third-order valence-electron chi connectivity index (χ3n) is 2.52. The Morgan fingerprint density at radius 3 is 2.47 bits per heavy atom. The van der Waals surface area contributed by atoms with Gasteiger partial charge in [-0.1, -0.05) is 0 Å². The zero-order chi connectivity index (χ0) is 12.3. The van der Waals surface area contributed by atoms with Crippen LogP contribution < -0.4 is 10.1 Å². The van der Waals surface area contributed by atoms with Crippen LogP contribution in [-0.4, -0.2) is 26.4 Å². The fourth-order valence-corrected chi connectivity index (χ4v) is 1.63. The second-order valence-corrected chi connectivity index (χ2v) is 3.91. The summed E-state index contributed by atoms with van der Waals surface area (Å²) in [6.45, 7) is 8.59. The Bertz CT molecular complexity index is 285. The van der Waals surface area contributed by atoms with Crippen LogP contribution in [0, 0.1) is 0 Å². The van der Waals surface area contributed by atoms with Gasteiger partial charge in [-0.25, -0.2) is 0 Å². The number of hydrogen-bond donors (Lipinski definition) is 1. The number of hydrogen-bond acceptors (Lipinski definition) is 2. The third kappa shape index (κ3) is 6.29. The molecule has 0 aliphatic heterocycles. The molecule has 0 saturated carbocycles. The molecule has 0 aliphatic rings. The first-order valence-corrected chi connectivity index (χ1v) is 6.48. The van der Waals surface area contributed by atoms with E-state index in [1.165, 1.54) is 5.56 Å². The highest BCUT2D eigenvalue weighted by Gasteiger charge is 1.97. The fourth-order valence-electron chi connectivity index (χ4n) is 1.63. The summed E-state index contributed by atoms with van der Waals surface area (Å²) < 4.78 is 10.7. The fraction of sp³-hybridized carbons (Fsp3) is 0.571. The quantitative estimate of drug-likeness (QED) is 0.663. The molecule has 96 valence electrons. The van der Waals surface area contributed by atoms with Crippen molar-refractivity contribution in [1.82, 2.24) is 0 Å². The lowest BCUT2D eigenvalue weighted by Crippen LogP contribution is -2.82. The lowest BCUT2D eigenvalue weighted by molar-refractivity contribution is -0.671. The Labute approximate surface area is 104 Å². The molecule has 0 radical (unpaired) electrons. The molecular weight excluding hydrogens is 214 g/mol. The molecule has 1 aromatic rings. The standard InChI is InChI=1S/C14H23NO2/c1-3-16-11-5-10-15-12-13-6-8-14(9-7-13)17-4-2/h6-9,15H,3-5,10-12H2,1-2H3/p+1. The van der Waals surface area contributed by atoms with Crippen LogP contribution in [0.4, 0.5) is 0 Å². The van der Waals surface area contributed by atoms with Gasteiger partial charge >= 0.3 is 0 Å². The zero-order valence-corrected chi connectivity index (χ0v) is 10.9. The van der Waals surface area contributed by atoms with Gasteiger partial charge in [0.15, 0.2) is 0 Å². The van der Waals surface area contributed by atoms with Crippen LogP contribution in [0.2, 0.25) is 0 Å². The highest BCUT2D eigenvalue weighted by Crippen LogP contribution is 2.10. The van der Waals surface area contributed by atoms with Gasteiger partial charge in [-0.05, 0) is 38.1 Å². The van der Waals surface area contributed by atoms with Crippen molar-refractivity contribution in [3.63, 3.8) is 0 Å². The van der Waals surface area contributed by atoms with E-state index in [-0.39, 0.29) is 0 Å². The molecular formula is C14H24NO2+. The molecule has 0 aliphatic carbocycles. The zero-order valence-electron chi connectivity index (χ0n) is 10.9. The largest absolute Gasteiger partial charge is 0.494 e. The van der Waals surface area contributed by atoms with Gasteiger partial charge < -0.3 is 14.8 Å². The first kappa shape index (κ1) is 14.0. The number of nitrogens with two attached hydrogens (primary N) is 1. The van der Waals surface area contributed by atoms with Gasteiger partial charge in [-0.2, -0.15) is 0 Å². The molecule has 0 spiro atoms. The lowest BCUT2D eigenvalue weighted by atomic mass is 10.2. The van der Waals surface area contributed by atoms with Crippen LogP contribution in [-0.2, 0) is 11.3 Å². The Morgan fingerprint density at radius 2 is 1.82 bits per heavy atom. The van der Waals surface area contributed by atoms with Gasteiger partial charge in [-0.3, -0.25) is 0 Å². The highest BCUT2D eigenvalue weighted by atomic mass is 16.5. The second kappa shape index (κ2) is 9.02. The monoisotopic (exact) mass is 238 g/mol. The average Bonchev–Trinajstić information content (AvgIpc) is 2.36. The van der Waals surface area contributed by atoms with Crippen molar-refractivity contribution in [2.75, 3.05) is 26.4 Å². The van der Waals surface area contributed by atoms with Crippen molar-refractivity contribution in [2.45, 2.75) is 26.8 Å². The number of ether oxygens (including phenoxy) is 2. The van der Waals surface area contributed by atoms with E-state index in [9.17, 15) is 0 Å². The van der Waals surface area contributed by atoms with Crippen molar-refractivity contribution >= 4 is 0 Å². The van der Waals surface area contributed by atoms with Crippen molar-refractivity contribution in [3.05, 3.63) is 29.8 Å². The van der Waals surface area contributed by atoms with Crippen LogP contribution >= 0.6 is 0 Å². The summed E-state index contributed by atoms with van der Waals surface area (Å²) in [5.74, 6) is 0.951. The topological polar surface area (TPSA) is 35.1 Å². The van der Waals surface area contributed by atoms with Gasteiger partial charge in [-0.15, -0.1) is 0 Å². The molecule has 0 aromatic heterocycles. The SMILES string of the molecule is CCOCCC[NH2+]Cc1ccc(OCC)cc1. The smallest absolute Gasteiger partial charge is 0.119 e. The van der Waals surface area contributed by atoms with E-state index in [1.807, 2.05) is 26.0 Å². The van der Waals surface area contributed by atoms with Crippen LogP contribution in [0.25, 0.3) is 0 Å². The Kier molecular flexibility index (Phi) is 7.43. The predicted octanol–water partition coefficient (Wildman–Crippen LogP) is 1.58. The molecule has 0 atom stereocenters. The molecule has 1 rings (SSSR count). The van der Waals surface area contributed by atoms with E-state index in [4.69, 9.17) is 9.47 Å². The van der Waals surface area contributed by atoms with E-state index >= 15 is 0 Å². The predicted molar refractivity (Wildman–Crippen MR) is 69.2 cm³/mol. The normalized spacial score (nSPS) is 10.5. The number of benzene rings is 1. The third-order valence-corrected chi connectivity index (χ3v) is 2.52. The summed E-state index contributed by atoms with van der Waals surface area (Å²) in [7, 11) is 0. The average molecular weight is 238 g/mol. The van der Waals surface area contributed by atoms with E-state index < -0.39 is 0 Å². The number of rotatable bonds is 9. The van der Waals surface area contributed by atoms with Gasteiger partial charge in [0, 0.05) is 18.6 Å². The summed E-state index contributed by atoms with van der Waals surface area (Å²) in [4.78, 5) is 0. The molecule has 0 fully saturated rings. The minimum atomic E-state index is 0.725. The maximum Gasteiger partial charge on any atom is 0.119 e. The minimum Gasteiger partial charge on any atom is -0.494 e.